The third kappa shape index (κ3) is 5.56. The minimum Gasteiger partial charge on any atom is -0.287 e. The SMILES string of the molecule is O=C(c1cc2sc(-c3nc4cc5cc6sc(-c7cc8sc(C(=O)c9c(F)c(F)c(F)c(F)c9F)cc8s7)nc6cc5cc4s3)cc2s1)c1c(F)c(F)c(F)c(F)c1F. The zero-order chi connectivity index (χ0) is 40.6. The second-order valence-corrected chi connectivity index (χ2v) is 18.9. The molecule has 6 heterocycles. The molecule has 0 bridgehead atoms. The topological polar surface area (TPSA) is 59.9 Å². The quantitative estimate of drug-likeness (QED) is 0.0722. The van der Waals surface area contributed by atoms with E-state index in [0.29, 0.717) is 39.8 Å². The van der Waals surface area contributed by atoms with Gasteiger partial charge in [0.25, 0.3) is 0 Å². The molecule has 0 aliphatic rings. The van der Waals surface area contributed by atoms with E-state index in [-0.39, 0.29) is 9.75 Å². The highest BCUT2D eigenvalue weighted by molar-refractivity contribution is 7.33. The van der Waals surface area contributed by atoms with Crippen LogP contribution in [0.5, 0.6) is 0 Å². The van der Waals surface area contributed by atoms with Gasteiger partial charge in [-0.3, -0.25) is 9.59 Å². The number of aromatic nitrogens is 2. The van der Waals surface area contributed by atoms with E-state index in [4.69, 9.17) is 9.97 Å². The monoisotopic (exact) mass is 906 g/mol. The van der Waals surface area contributed by atoms with Crippen molar-refractivity contribution in [2.24, 2.45) is 0 Å². The van der Waals surface area contributed by atoms with Crippen LogP contribution in [-0.4, -0.2) is 21.5 Å². The van der Waals surface area contributed by atoms with Crippen molar-refractivity contribution in [2.45, 2.75) is 0 Å². The predicted molar refractivity (Wildman–Crippen MR) is 207 cm³/mol. The summed E-state index contributed by atoms with van der Waals surface area (Å²) in [5.41, 5.74) is -1.64. The van der Waals surface area contributed by atoms with E-state index >= 15 is 0 Å². The molecular formula is C38H8F10N2O2S6. The van der Waals surface area contributed by atoms with Gasteiger partial charge in [0, 0.05) is 18.8 Å². The smallest absolute Gasteiger partial charge is 0.209 e. The molecule has 0 N–H and O–H groups in total. The number of ketones is 2. The molecule has 20 heteroatoms. The van der Waals surface area contributed by atoms with Crippen LogP contribution in [0.1, 0.15) is 30.5 Å². The number of thiazole rings is 2. The van der Waals surface area contributed by atoms with Crippen LogP contribution in [0.25, 0.3) is 69.8 Å². The van der Waals surface area contributed by atoms with E-state index < -0.39 is 80.9 Å². The number of carbonyl (C=O) groups excluding carboxylic acids is 2. The summed E-state index contributed by atoms with van der Waals surface area (Å²) in [6, 6.07) is 13.9. The average Bonchev–Trinajstić information content (AvgIpc) is 4.05. The summed E-state index contributed by atoms with van der Waals surface area (Å²) in [6.07, 6.45) is 0. The van der Waals surface area contributed by atoms with Gasteiger partial charge in [0.05, 0.1) is 39.9 Å². The van der Waals surface area contributed by atoms with Crippen molar-refractivity contribution in [3.8, 4) is 19.8 Å². The maximum Gasteiger partial charge on any atom is 0.209 e. The van der Waals surface area contributed by atoms with Gasteiger partial charge >= 0.3 is 0 Å². The van der Waals surface area contributed by atoms with E-state index in [2.05, 4.69) is 0 Å². The van der Waals surface area contributed by atoms with Crippen LogP contribution >= 0.6 is 68.0 Å². The summed E-state index contributed by atoms with van der Waals surface area (Å²) in [4.78, 5) is 36.4. The van der Waals surface area contributed by atoms with E-state index in [1.807, 2.05) is 24.3 Å². The molecule has 0 radical (unpaired) electrons. The Morgan fingerprint density at radius 1 is 0.362 bits per heavy atom. The number of benzene rings is 4. The summed E-state index contributed by atoms with van der Waals surface area (Å²) in [6.45, 7) is 0. The molecule has 0 fully saturated rings. The standard InChI is InChI=1S/C38H8F10N2O2S6/c39-25-23(26(40)30(44)33(47)29(25)43)35(51)19-5-15-17(53-19)7-21(55-15)37-49-11-1-9-3-14-12(2-10(9)4-13(11)57-37)50-38(58-14)22-8-18-16(56-22)6-20(54-18)36(52)24-27(41)31(45)34(48)32(46)28(24)42/h1-8H. The fourth-order valence-electron chi connectivity index (χ4n) is 6.27. The molecule has 288 valence electrons. The van der Waals surface area contributed by atoms with Crippen LogP contribution in [0.4, 0.5) is 43.9 Å². The van der Waals surface area contributed by atoms with Crippen molar-refractivity contribution in [1.29, 1.82) is 0 Å². The molecule has 0 aliphatic heterocycles. The van der Waals surface area contributed by atoms with Gasteiger partial charge in [-0.25, -0.2) is 53.9 Å². The number of rotatable bonds is 6. The molecule has 0 saturated heterocycles. The van der Waals surface area contributed by atoms with Gasteiger partial charge in [0.15, 0.2) is 46.5 Å². The van der Waals surface area contributed by atoms with Crippen LogP contribution < -0.4 is 0 Å². The van der Waals surface area contributed by atoms with Crippen molar-refractivity contribution in [2.75, 3.05) is 0 Å². The molecule has 6 aromatic heterocycles. The van der Waals surface area contributed by atoms with Gasteiger partial charge in [-0.1, -0.05) is 0 Å². The normalized spacial score (nSPS) is 12.1. The molecule has 58 heavy (non-hydrogen) atoms. The highest BCUT2D eigenvalue weighted by atomic mass is 32.1. The van der Waals surface area contributed by atoms with Crippen molar-refractivity contribution in [3.05, 3.63) is 128 Å². The predicted octanol–water partition coefficient (Wildman–Crippen LogP) is 13.8. The summed E-state index contributed by atoms with van der Waals surface area (Å²) in [7, 11) is 0. The maximum atomic E-state index is 14.3. The van der Waals surface area contributed by atoms with E-state index in [1.165, 1.54) is 57.5 Å². The van der Waals surface area contributed by atoms with E-state index in [1.54, 1.807) is 12.1 Å². The molecular weight excluding hydrogens is 899 g/mol. The van der Waals surface area contributed by atoms with Crippen LogP contribution in [0.15, 0.2) is 48.5 Å². The summed E-state index contributed by atoms with van der Waals surface area (Å²) in [5, 5.41) is 3.06. The second kappa shape index (κ2) is 13.2. The first-order valence-electron chi connectivity index (χ1n) is 16.0. The fourth-order valence-corrected chi connectivity index (χ4v) is 13.0. The summed E-state index contributed by atoms with van der Waals surface area (Å²) >= 11 is 7.00. The van der Waals surface area contributed by atoms with Gasteiger partial charge in [-0.15, -0.1) is 68.0 Å². The number of hydrogen-bond acceptors (Lipinski definition) is 10. The molecule has 0 atom stereocenters. The first kappa shape index (κ1) is 37.2. The molecule has 0 amide bonds. The van der Waals surface area contributed by atoms with Crippen molar-refractivity contribution < 1.29 is 53.5 Å². The molecule has 10 rings (SSSR count). The highest BCUT2D eigenvalue weighted by Crippen LogP contribution is 2.45. The molecule has 0 spiro atoms. The lowest BCUT2D eigenvalue weighted by atomic mass is 10.1. The number of fused-ring (bicyclic) bond motifs is 5. The number of halogens is 10. The molecule has 10 aromatic rings. The van der Waals surface area contributed by atoms with Crippen LogP contribution in [0.3, 0.4) is 0 Å². The second-order valence-electron chi connectivity index (χ2n) is 12.5. The zero-order valence-corrected chi connectivity index (χ0v) is 32.5. The van der Waals surface area contributed by atoms with Gasteiger partial charge in [0.1, 0.15) is 21.1 Å². The first-order valence-corrected chi connectivity index (χ1v) is 20.9. The minimum atomic E-state index is -2.35. The van der Waals surface area contributed by atoms with Gasteiger partial charge < -0.3 is 0 Å². The molecule has 4 aromatic carbocycles. The number of thiophene rings is 4. The number of carbonyl (C=O) groups is 2. The summed E-state index contributed by atoms with van der Waals surface area (Å²) in [5.74, 6) is -24.9. The van der Waals surface area contributed by atoms with E-state index in [9.17, 15) is 53.5 Å². The van der Waals surface area contributed by atoms with Crippen molar-refractivity contribution in [3.63, 3.8) is 0 Å². The Balaban J connectivity index is 0.923. The van der Waals surface area contributed by atoms with Gasteiger partial charge in [0.2, 0.25) is 23.2 Å². The lowest BCUT2D eigenvalue weighted by Gasteiger charge is -2.06. The number of nitrogens with zero attached hydrogens (tertiary/aromatic N) is 2. The summed E-state index contributed by atoms with van der Waals surface area (Å²) < 4.78 is 143. The Labute approximate surface area is 338 Å². The van der Waals surface area contributed by atoms with Crippen LogP contribution in [0, 0.1) is 58.2 Å². The highest BCUT2D eigenvalue weighted by Gasteiger charge is 2.33. The minimum absolute atomic E-state index is 0.195. The third-order valence-electron chi connectivity index (χ3n) is 9.01. The largest absolute Gasteiger partial charge is 0.287 e. The van der Waals surface area contributed by atoms with Crippen molar-refractivity contribution in [1.82, 2.24) is 9.97 Å². The zero-order valence-electron chi connectivity index (χ0n) is 27.6. The molecule has 0 unspecified atom stereocenters. The Morgan fingerprint density at radius 3 is 1.03 bits per heavy atom. The Morgan fingerprint density at radius 2 is 0.690 bits per heavy atom. The Bertz CT molecular complexity index is 3070. The Kier molecular flexibility index (Phi) is 8.46. The lowest BCUT2D eigenvalue weighted by Crippen LogP contribution is -2.12. The maximum absolute atomic E-state index is 14.3. The van der Waals surface area contributed by atoms with Crippen LogP contribution in [0.2, 0.25) is 0 Å². The first-order chi connectivity index (χ1) is 27.7. The number of hydrogen-bond donors (Lipinski definition) is 0. The van der Waals surface area contributed by atoms with Gasteiger partial charge in [-0.2, -0.15) is 0 Å². The van der Waals surface area contributed by atoms with E-state index in [0.717, 1.165) is 52.6 Å². The van der Waals surface area contributed by atoms with Crippen molar-refractivity contribution >= 4 is 130 Å². The van der Waals surface area contributed by atoms with Gasteiger partial charge in [-0.05, 0) is 59.3 Å². The molecule has 4 nitrogen and oxygen atoms in total. The average molecular weight is 907 g/mol. The lowest BCUT2D eigenvalue weighted by molar-refractivity contribution is 0.102. The molecule has 0 saturated carbocycles. The third-order valence-corrected chi connectivity index (χ3v) is 16.0. The fraction of sp³-hybridized carbons (Fsp3) is 0. The van der Waals surface area contributed by atoms with Crippen LogP contribution in [-0.2, 0) is 0 Å². The molecule has 0 aliphatic carbocycles. The Hall–Kier alpha value is -5.12.